The number of carbonyl (C=O) groups excluding carboxylic acids is 2. The summed E-state index contributed by atoms with van der Waals surface area (Å²) in [5.74, 6) is -0.193. The van der Waals surface area contributed by atoms with Crippen LogP contribution in [0.1, 0.15) is 11.1 Å². The number of hydrogen-bond donors (Lipinski definition) is 2. The van der Waals surface area contributed by atoms with Gasteiger partial charge in [0.15, 0.2) is 6.54 Å². The van der Waals surface area contributed by atoms with Crippen LogP contribution >= 0.6 is 11.6 Å². The van der Waals surface area contributed by atoms with Gasteiger partial charge in [-0.15, -0.1) is 0 Å². The fourth-order valence-corrected chi connectivity index (χ4v) is 3.96. The normalized spacial score (nSPS) is 14.5. The van der Waals surface area contributed by atoms with Gasteiger partial charge in [-0.2, -0.15) is 0 Å². The molecule has 2 N–H and O–H groups in total. The topological polar surface area (TPSA) is 57.1 Å². The van der Waals surface area contributed by atoms with Crippen LogP contribution < -0.4 is 15.1 Å². The molecule has 1 aliphatic rings. The maximum atomic E-state index is 12.6. The van der Waals surface area contributed by atoms with E-state index in [2.05, 4.69) is 16.3 Å². The van der Waals surface area contributed by atoms with Crippen molar-refractivity contribution in [1.82, 2.24) is 4.90 Å². The van der Waals surface area contributed by atoms with Crippen molar-refractivity contribution in [1.29, 1.82) is 0 Å². The molecular formula is C23H30ClN4O2+. The van der Waals surface area contributed by atoms with Gasteiger partial charge in [-0.3, -0.25) is 9.59 Å². The molecule has 3 rings (SSSR count). The molecular weight excluding hydrogens is 400 g/mol. The predicted octanol–water partition coefficient (Wildman–Crippen LogP) is 1.76. The Morgan fingerprint density at radius 2 is 1.73 bits per heavy atom. The molecule has 0 spiro atoms. The van der Waals surface area contributed by atoms with E-state index in [-0.39, 0.29) is 18.4 Å². The summed E-state index contributed by atoms with van der Waals surface area (Å²) in [6.45, 7) is 7.87. The number of halogens is 1. The van der Waals surface area contributed by atoms with Crippen molar-refractivity contribution >= 4 is 34.8 Å². The van der Waals surface area contributed by atoms with Crippen molar-refractivity contribution in [3.63, 3.8) is 0 Å². The fourth-order valence-electron chi connectivity index (χ4n) is 3.77. The highest BCUT2D eigenvalue weighted by Gasteiger charge is 2.24. The first kappa shape index (κ1) is 22.1. The Labute approximate surface area is 183 Å². The number of rotatable bonds is 6. The largest absolute Gasteiger partial charge is 0.360 e. The number of anilines is 2. The second-order valence-electron chi connectivity index (χ2n) is 7.96. The molecule has 1 aliphatic heterocycles. The number of nitrogens with one attached hydrogen (secondary N) is 2. The van der Waals surface area contributed by atoms with Crippen LogP contribution in [-0.2, 0) is 9.59 Å². The minimum atomic E-state index is -0.177. The highest BCUT2D eigenvalue weighted by molar-refractivity contribution is 6.30. The van der Waals surface area contributed by atoms with E-state index in [1.165, 1.54) is 9.80 Å². The van der Waals surface area contributed by atoms with Crippen LogP contribution in [0.2, 0.25) is 5.02 Å². The molecule has 0 aromatic heterocycles. The van der Waals surface area contributed by atoms with Gasteiger partial charge in [0.25, 0.3) is 5.91 Å². The number of carbonyl (C=O) groups is 2. The lowest BCUT2D eigenvalue weighted by Gasteiger charge is -2.34. The summed E-state index contributed by atoms with van der Waals surface area (Å²) in [6, 6.07) is 13.7. The highest BCUT2D eigenvalue weighted by Crippen LogP contribution is 2.20. The Morgan fingerprint density at radius 1 is 1.10 bits per heavy atom. The third-order valence-corrected chi connectivity index (χ3v) is 5.83. The molecule has 0 radical (unpaired) electrons. The molecule has 1 fully saturated rings. The van der Waals surface area contributed by atoms with E-state index >= 15 is 0 Å². The smallest absolute Gasteiger partial charge is 0.277 e. The van der Waals surface area contributed by atoms with Gasteiger partial charge in [0, 0.05) is 23.4 Å². The first-order valence-corrected chi connectivity index (χ1v) is 10.7. The monoisotopic (exact) mass is 429 g/mol. The summed E-state index contributed by atoms with van der Waals surface area (Å²) in [5.41, 5.74) is 3.97. The van der Waals surface area contributed by atoms with Crippen molar-refractivity contribution in [2.45, 2.75) is 13.8 Å². The van der Waals surface area contributed by atoms with Crippen LogP contribution in [0.4, 0.5) is 11.4 Å². The third-order valence-electron chi connectivity index (χ3n) is 5.60. The molecule has 2 amide bonds. The van der Waals surface area contributed by atoms with Crippen molar-refractivity contribution in [2.24, 2.45) is 0 Å². The maximum Gasteiger partial charge on any atom is 0.277 e. The number of nitrogens with zero attached hydrogens (tertiary/aromatic N) is 2. The van der Waals surface area contributed by atoms with Gasteiger partial charge in [-0.25, -0.2) is 0 Å². The van der Waals surface area contributed by atoms with Crippen LogP contribution in [0.25, 0.3) is 0 Å². The molecule has 0 bridgehead atoms. The Hall–Kier alpha value is -2.57. The summed E-state index contributed by atoms with van der Waals surface area (Å²) in [7, 11) is 1.69. The Bertz CT molecular complexity index is 890. The van der Waals surface area contributed by atoms with Crippen molar-refractivity contribution < 1.29 is 14.5 Å². The van der Waals surface area contributed by atoms with Gasteiger partial charge >= 0.3 is 0 Å². The number of likely N-dealkylation sites (N-methyl/N-ethyl adjacent to an activating group) is 1. The molecule has 160 valence electrons. The Morgan fingerprint density at radius 3 is 2.37 bits per heavy atom. The van der Waals surface area contributed by atoms with Gasteiger partial charge < -0.3 is 20.0 Å². The second-order valence-corrected chi connectivity index (χ2v) is 8.39. The molecule has 30 heavy (non-hydrogen) atoms. The summed E-state index contributed by atoms with van der Waals surface area (Å²) >= 11 is 6.09. The Balaban J connectivity index is 1.46. The lowest BCUT2D eigenvalue weighted by atomic mass is 10.1. The van der Waals surface area contributed by atoms with Crippen molar-refractivity contribution in [3.05, 3.63) is 58.6 Å². The molecule has 0 aliphatic carbocycles. The number of amides is 2. The van der Waals surface area contributed by atoms with Gasteiger partial charge in [-0.1, -0.05) is 35.9 Å². The van der Waals surface area contributed by atoms with Crippen molar-refractivity contribution in [2.75, 3.05) is 56.5 Å². The van der Waals surface area contributed by atoms with Crippen LogP contribution in [0.15, 0.2) is 42.5 Å². The number of hydrogen-bond acceptors (Lipinski definition) is 3. The summed E-state index contributed by atoms with van der Waals surface area (Å²) < 4.78 is 0. The maximum absolute atomic E-state index is 12.6. The average Bonchev–Trinajstić information content (AvgIpc) is 2.71. The number of benzene rings is 2. The van der Waals surface area contributed by atoms with Crippen LogP contribution in [-0.4, -0.2) is 63.0 Å². The summed E-state index contributed by atoms with van der Waals surface area (Å²) in [5, 5.41) is 3.67. The number of quaternary nitrogens is 1. The quantitative estimate of drug-likeness (QED) is 0.735. The van der Waals surface area contributed by atoms with E-state index in [9.17, 15) is 9.59 Å². The molecule has 6 nitrogen and oxygen atoms in total. The van der Waals surface area contributed by atoms with E-state index in [0.29, 0.717) is 6.54 Å². The van der Waals surface area contributed by atoms with Crippen molar-refractivity contribution in [3.8, 4) is 0 Å². The molecule has 1 saturated heterocycles. The summed E-state index contributed by atoms with van der Waals surface area (Å²) in [6.07, 6.45) is 0. The van der Waals surface area contributed by atoms with Gasteiger partial charge in [0.2, 0.25) is 5.91 Å². The van der Waals surface area contributed by atoms with E-state index in [1.807, 2.05) is 50.2 Å². The number of para-hydroxylation sites is 1. The molecule has 2 aromatic rings. The molecule has 0 atom stereocenters. The lowest BCUT2D eigenvalue weighted by molar-refractivity contribution is -0.892. The van der Waals surface area contributed by atoms with E-state index in [4.69, 9.17) is 11.6 Å². The van der Waals surface area contributed by atoms with E-state index in [0.717, 1.165) is 53.7 Å². The minimum Gasteiger partial charge on any atom is -0.360 e. The van der Waals surface area contributed by atoms with Crippen LogP contribution in [0.3, 0.4) is 0 Å². The van der Waals surface area contributed by atoms with Gasteiger partial charge in [0.1, 0.15) is 0 Å². The van der Waals surface area contributed by atoms with Crippen LogP contribution in [0, 0.1) is 13.8 Å². The SMILES string of the molecule is Cc1cccc(C)c1NC(=O)CN(C)C(=O)C[NH+]1CCN(c2cccc(Cl)c2)CC1. The number of aryl methyl sites for hydroxylation is 2. The zero-order valence-corrected chi connectivity index (χ0v) is 18.6. The van der Waals surface area contributed by atoms with Crippen LogP contribution in [0.5, 0.6) is 0 Å². The standard InChI is InChI=1S/C23H29ClN4O2/c1-17-6-4-7-18(2)23(17)25-21(29)15-26(3)22(30)16-27-10-12-28(13-11-27)20-9-5-8-19(24)14-20/h4-9,14H,10-13,15-16H2,1-3H3,(H,25,29)/p+1. The summed E-state index contributed by atoms with van der Waals surface area (Å²) in [4.78, 5) is 30.1. The zero-order valence-electron chi connectivity index (χ0n) is 17.9. The lowest BCUT2D eigenvalue weighted by Crippen LogP contribution is -3.15. The average molecular weight is 430 g/mol. The fraction of sp³-hybridized carbons (Fsp3) is 0.391. The minimum absolute atomic E-state index is 0.0159. The van der Waals surface area contributed by atoms with Gasteiger partial charge in [0.05, 0.1) is 32.7 Å². The molecule has 0 unspecified atom stereocenters. The first-order chi connectivity index (χ1) is 14.3. The second kappa shape index (κ2) is 9.96. The van der Waals surface area contributed by atoms with Gasteiger partial charge in [-0.05, 0) is 43.2 Å². The highest BCUT2D eigenvalue weighted by atomic mass is 35.5. The third kappa shape index (κ3) is 5.74. The van der Waals surface area contributed by atoms with E-state index in [1.54, 1.807) is 7.05 Å². The molecule has 0 saturated carbocycles. The molecule has 7 heteroatoms. The molecule has 1 heterocycles. The number of piperazine rings is 1. The van der Waals surface area contributed by atoms with E-state index < -0.39 is 0 Å². The zero-order chi connectivity index (χ0) is 21.7. The Kier molecular flexibility index (Phi) is 7.34. The molecule has 2 aromatic carbocycles. The first-order valence-electron chi connectivity index (χ1n) is 10.3. The predicted molar refractivity (Wildman–Crippen MR) is 121 cm³/mol.